The molecular formula is C13H18BrFN2S. The zero-order valence-electron chi connectivity index (χ0n) is 10.2. The Hall–Kier alpha value is -0.100. The largest absolute Gasteiger partial charge is 0.271 e. The van der Waals surface area contributed by atoms with Gasteiger partial charge in [-0.2, -0.15) is 11.8 Å². The van der Waals surface area contributed by atoms with Crippen LogP contribution in [-0.2, 0) is 0 Å². The number of hydrazine groups is 1. The first-order valence-corrected chi connectivity index (χ1v) is 8.14. The maximum Gasteiger partial charge on any atom is 0.128 e. The van der Waals surface area contributed by atoms with Crippen molar-refractivity contribution in [3.05, 3.63) is 34.1 Å². The summed E-state index contributed by atoms with van der Waals surface area (Å²) in [4.78, 5) is 0. The quantitative estimate of drug-likeness (QED) is 0.653. The summed E-state index contributed by atoms with van der Waals surface area (Å²) in [7, 11) is 0. The summed E-state index contributed by atoms with van der Waals surface area (Å²) in [6.45, 7) is 0. The lowest BCUT2D eigenvalue weighted by molar-refractivity contribution is 0.366. The highest BCUT2D eigenvalue weighted by Gasteiger charge is 2.21. The molecular weight excluding hydrogens is 315 g/mol. The first-order chi connectivity index (χ1) is 8.70. The van der Waals surface area contributed by atoms with Crippen molar-refractivity contribution in [1.82, 2.24) is 5.43 Å². The van der Waals surface area contributed by atoms with E-state index in [9.17, 15) is 4.39 Å². The number of thioether (sulfide) groups is 1. The molecule has 1 atom stereocenters. The van der Waals surface area contributed by atoms with Gasteiger partial charge in [-0.15, -0.1) is 0 Å². The molecule has 1 heterocycles. The van der Waals surface area contributed by atoms with Crippen LogP contribution in [0.25, 0.3) is 0 Å². The summed E-state index contributed by atoms with van der Waals surface area (Å²) in [6.07, 6.45) is 3.32. The van der Waals surface area contributed by atoms with Gasteiger partial charge in [0.2, 0.25) is 0 Å². The molecule has 1 aromatic carbocycles. The number of benzene rings is 1. The third kappa shape index (κ3) is 3.70. The minimum absolute atomic E-state index is 0.101. The van der Waals surface area contributed by atoms with E-state index in [1.54, 1.807) is 6.07 Å². The van der Waals surface area contributed by atoms with Gasteiger partial charge in [0.05, 0.1) is 0 Å². The lowest BCUT2D eigenvalue weighted by atomic mass is 9.91. The van der Waals surface area contributed by atoms with Gasteiger partial charge < -0.3 is 0 Å². The summed E-state index contributed by atoms with van der Waals surface area (Å²) in [6, 6.07) is 4.91. The highest BCUT2D eigenvalue weighted by Crippen LogP contribution is 2.32. The number of hydrogen-bond donors (Lipinski definition) is 2. The second-order valence-electron chi connectivity index (χ2n) is 4.68. The van der Waals surface area contributed by atoms with Crippen LogP contribution in [0.2, 0.25) is 0 Å². The molecule has 0 radical (unpaired) electrons. The molecule has 0 aliphatic carbocycles. The maximum absolute atomic E-state index is 13.8. The smallest absolute Gasteiger partial charge is 0.128 e. The summed E-state index contributed by atoms with van der Waals surface area (Å²) in [5, 5.41) is 0. The van der Waals surface area contributed by atoms with Crippen molar-refractivity contribution in [2.75, 3.05) is 11.5 Å². The highest BCUT2D eigenvalue weighted by atomic mass is 79.9. The number of nitrogens with one attached hydrogen (secondary N) is 1. The number of hydrogen-bond acceptors (Lipinski definition) is 3. The van der Waals surface area contributed by atoms with E-state index < -0.39 is 0 Å². The molecule has 2 nitrogen and oxygen atoms in total. The lowest BCUT2D eigenvalue weighted by Gasteiger charge is -2.26. The van der Waals surface area contributed by atoms with Gasteiger partial charge >= 0.3 is 0 Å². The molecule has 1 unspecified atom stereocenters. The van der Waals surface area contributed by atoms with Crippen LogP contribution in [0.3, 0.4) is 0 Å². The predicted octanol–water partition coefficient (Wildman–Crippen LogP) is 3.63. The van der Waals surface area contributed by atoms with Crippen LogP contribution in [0.4, 0.5) is 4.39 Å². The normalized spacial score (nSPS) is 18.8. The van der Waals surface area contributed by atoms with Crippen molar-refractivity contribution < 1.29 is 4.39 Å². The molecule has 0 saturated carbocycles. The van der Waals surface area contributed by atoms with E-state index in [-0.39, 0.29) is 11.9 Å². The van der Waals surface area contributed by atoms with Crippen molar-refractivity contribution in [2.24, 2.45) is 11.8 Å². The van der Waals surface area contributed by atoms with Gasteiger partial charge in [0.1, 0.15) is 5.82 Å². The van der Waals surface area contributed by atoms with Crippen LogP contribution in [0.1, 0.15) is 30.9 Å². The molecule has 1 aromatic rings. The zero-order chi connectivity index (χ0) is 13.0. The van der Waals surface area contributed by atoms with Crippen LogP contribution < -0.4 is 11.3 Å². The molecule has 18 heavy (non-hydrogen) atoms. The van der Waals surface area contributed by atoms with Gasteiger partial charge in [-0.25, -0.2) is 4.39 Å². The molecule has 2 rings (SSSR count). The topological polar surface area (TPSA) is 38.0 Å². The monoisotopic (exact) mass is 332 g/mol. The molecule has 1 saturated heterocycles. The predicted molar refractivity (Wildman–Crippen MR) is 78.8 cm³/mol. The van der Waals surface area contributed by atoms with E-state index in [2.05, 4.69) is 21.4 Å². The molecule has 0 spiro atoms. The fraction of sp³-hybridized carbons (Fsp3) is 0.538. The van der Waals surface area contributed by atoms with E-state index in [0.29, 0.717) is 11.5 Å². The minimum Gasteiger partial charge on any atom is -0.271 e. The average Bonchev–Trinajstić information content (AvgIpc) is 2.40. The second-order valence-corrected chi connectivity index (χ2v) is 6.82. The van der Waals surface area contributed by atoms with Crippen LogP contribution in [0.5, 0.6) is 0 Å². The van der Waals surface area contributed by atoms with Crippen molar-refractivity contribution in [3.8, 4) is 0 Å². The lowest BCUT2D eigenvalue weighted by Crippen LogP contribution is -2.31. The van der Waals surface area contributed by atoms with Crippen LogP contribution in [0, 0.1) is 11.7 Å². The Bertz CT molecular complexity index is 397. The van der Waals surface area contributed by atoms with E-state index in [1.807, 2.05) is 17.8 Å². The standard InChI is InChI=1S/C13H18BrFN2S/c14-10-1-2-12(15)11(8-10)13(17-16)7-9-3-5-18-6-4-9/h1-2,8-9,13,17H,3-7,16H2. The van der Waals surface area contributed by atoms with Crippen LogP contribution in [0.15, 0.2) is 22.7 Å². The average molecular weight is 333 g/mol. The Morgan fingerprint density at radius 2 is 2.17 bits per heavy atom. The van der Waals surface area contributed by atoms with Gasteiger partial charge in [0, 0.05) is 16.1 Å². The second kappa shape index (κ2) is 6.89. The molecule has 0 bridgehead atoms. The molecule has 0 aromatic heterocycles. The summed E-state index contributed by atoms with van der Waals surface area (Å²) in [5.41, 5.74) is 3.42. The van der Waals surface area contributed by atoms with Crippen molar-refractivity contribution in [2.45, 2.75) is 25.3 Å². The third-order valence-corrected chi connectivity index (χ3v) is 4.99. The molecule has 1 fully saturated rings. The van der Waals surface area contributed by atoms with Crippen molar-refractivity contribution in [3.63, 3.8) is 0 Å². The van der Waals surface area contributed by atoms with E-state index >= 15 is 0 Å². The van der Waals surface area contributed by atoms with Gasteiger partial charge in [0.15, 0.2) is 0 Å². The minimum atomic E-state index is -0.189. The number of nitrogens with two attached hydrogens (primary N) is 1. The fourth-order valence-corrected chi connectivity index (χ4v) is 3.96. The van der Waals surface area contributed by atoms with E-state index in [4.69, 9.17) is 5.84 Å². The number of rotatable bonds is 4. The third-order valence-electron chi connectivity index (χ3n) is 3.44. The first kappa shape index (κ1) is 14.3. The van der Waals surface area contributed by atoms with Gasteiger partial charge in [-0.1, -0.05) is 15.9 Å². The number of halogens is 2. The van der Waals surface area contributed by atoms with Crippen LogP contribution >= 0.6 is 27.7 Å². The fourth-order valence-electron chi connectivity index (χ4n) is 2.38. The Balaban J connectivity index is 2.09. The van der Waals surface area contributed by atoms with E-state index in [1.165, 1.54) is 30.4 Å². The Labute approximate surface area is 120 Å². The van der Waals surface area contributed by atoms with Crippen LogP contribution in [-0.4, -0.2) is 11.5 Å². The highest BCUT2D eigenvalue weighted by molar-refractivity contribution is 9.10. The van der Waals surface area contributed by atoms with Gasteiger partial charge in [-0.3, -0.25) is 11.3 Å². The molecule has 100 valence electrons. The molecule has 1 aliphatic rings. The molecule has 0 amide bonds. The zero-order valence-corrected chi connectivity index (χ0v) is 12.6. The van der Waals surface area contributed by atoms with Gasteiger partial charge in [0.25, 0.3) is 0 Å². The summed E-state index contributed by atoms with van der Waals surface area (Å²) in [5.74, 6) is 8.48. The molecule has 3 N–H and O–H groups in total. The van der Waals surface area contributed by atoms with E-state index in [0.717, 1.165) is 10.9 Å². The first-order valence-electron chi connectivity index (χ1n) is 6.19. The Morgan fingerprint density at radius 1 is 1.44 bits per heavy atom. The molecule has 1 aliphatic heterocycles. The Kier molecular flexibility index (Phi) is 5.48. The maximum atomic E-state index is 13.8. The summed E-state index contributed by atoms with van der Waals surface area (Å²) < 4.78 is 14.7. The van der Waals surface area contributed by atoms with Gasteiger partial charge in [-0.05, 0) is 54.9 Å². The van der Waals surface area contributed by atoms with Crippen molar-refractivity contribution in [1.29, 1.82) is 0 Å². The summed E-state index contributed by atoms with van der Waals surface area (Å²) >= 11 is 5.38. The Morgan fingerprint density at radius 3 is 2.83 bits per heavy atom. The molecule has 5 heteroatoms. The SMILES string of the molecule is NNC(CC1CCSCC1)c1cc(Br)ccc1F. The van der Waals surface area contributed by atoms with Crippen molar-refractivity contribution >= 4 is 27.7 Å².